The summed E-state index contributed by atoms with van der Waals surface area (Å²) in [4.78, 5) is 0. The Balaban J connectivity index is 1.81. The Hall–Kier alpha value is -2.22. The molecule has 0 spiro atoms. The van der Waals surface area contributed by atoms with Crippen LogP contribution in [0.25, 0.3) is 0 Å². The van der Waals surface area contributed by atoms with Gasteiger partial charge in [-0.25, -0.2) is 12.6 Å². The number of sulfonamides is 1. The number of amidine groups is 2. The largest absolute Gasteiger partial charge is 0.504 e. The van der Waals surface area contributed by atoms with E-state index >= 15 is 0 Å². The topological polar surface area (TPSA) is 137 Å². The summed E-state index contributed by atoms with van der Waals surface area (Å²) in [6.07, 6.45) is 1.54. The average molecular weight is 460 g/mol. The van der Waals surface area contributed by atoms with Crippen molar-refractivity contribution in [3.63, 3.8) is 0 Å². The molecule has 0 saturated carbocycles. The van der Waals surface area contributed by atoms with Gasteiger partial charge in [0.25, 0.3) is 21.2 Å². The lowest BCUT2D eigenvalue weighted by molar-refractivity contribution is 0.434. The van der Waals surface area contributed by atoms with E-state index in [4.69, 9.17) is 4.42 Å². The number of anilines is 1. The highest BCUT2D eigenvalue weighted by atomic mass is 32.2. The van der Waals surface area contributed by atoms with E-state index in [0.29, 0.717) is 5.76 Å². The monoisotopic (exact) mass is 459 g/mol. The van der Waals surface area contributed by atoms with Crippen molar-refractivity contribution in [2.24, 2.45) is 8.80 Å². The van der Waals surface area contributed by atoms with Crippen molar-refractivity contribution in [1.29, 1.82) is 0 Å². The molecule has 0 bridgehead atoms. The third kappa shape index (κ3) is 4.37. The average Bonchev–Trinajstić information content (AvgIpc) is 3.38. The first-order valence-electron chi connectivity index (χ1n) is 8.75. The molecule has 0 aromatic carbocycles. The van der Waals surface area contributed by atoms with Crippen molar-refractivity contribution in [2.45, 2.75) is 31.0 Å². The van der Waals surface area contributed by atoms with Crippen molar-refractivity contribution < 1.29 is 22.2 Å². The molecule has 1 unspecified atom stereocenters. The lowest BCUT2D eigenvalue weighted by atomic mass is 10.2. The van der Waals surface area contributed by atoms with Gasteiger partial charge in [-0.05, 0) is 19.1 Å². The van der Waals surface area contributed by atoms with Crippen LogP contribution in [0.1, 0.15) is 32.6 Å². The van der Waals surface area contributed by atoms with Crippen LogP contribution in [0.2, 0.25) is 0 Å². The Morgan fingerprint density at radius 1 is 1.31 bits per heavy atom. The molecule has 2 atom stereocenters. The van der Waals surface area contributed by atoms with E-state index in [0.717, 1.165) is 11.3 Å². The van der Waals surface area contributed by atoms with Gasteiger partial charge >= 0.3 is 0 Å². The molecule has 3 heterocycles. The molecule has 3 N–H and O–H groups in total. The lowest BCUT2D eigenvalue weighted by Gasteiger charge is -2.17. The van der Waals surface area contributed by atoms with E-state index < -0.39 is 26.9 Å². The smallest absolute Gasteiger partial charge is 0.269 e. The van der Waals surface area contributed by atoms with Gasteiger partial charge in [0.05, 0.1) is 18.0 Å². The van der Waals surface area contributed by atoms with Gasteiger partial charge in [0.1, 0.15) is 5.76 Å². The van der Waals surface area contributed by atoms with Gasteiger partial charge in [-0.1, -0.05) is 13.8 Å². The maximum Gasteiger partial charge on any atom is 0.269 e. The molecule has 2 aromatic rings. The fourth-order valence-electron chi connectivity index (χ4n) is 2.67. The van der Waals surface area contributed by atoms with Gasteiger partial charge in [0, 0.05) is 18.5 Å². The molecule has 0 aliphatic carbocycles. The van der Waals surface area contributed by atoms with E-state index in [1.807, 2.05) is 6.92 Å². The van der Waals surface area contributed by atoms with Crippen LogP contribution in [0.3, 0.4) is 0 Å². The van der Waals surface area contributed by atoms with Crippen molar-refractivity contribution in [3.05, 3.63) is 29.5 Å². The van der Waals surface area contributed by atoms with Crippen LogP contribution in [0.5, 0.6) is 5.75 Å². The number of aromatic hydroxyl groups is 1. The maximum atomic E-state index is 12.7. The minimum absolute atomic E-state index is 0.127. The minimum atomic E-state index is -3.81. The van der Waals surface area contributed by atoms with Gasteiger partial charge in [0.2, 0.25) is 0 Å². The molecular formula is C16H21N5O5S3. The second-order valence-corrected chi connectivity index (χ2v) is 9.83. The third-order valence-electron chi connectivity index (χ3n) is 4.15. The second kappa shape index (κ2) is 8.65. The van der Waals surface area contributed by atoms with Gasteiger partial charge in [-0.3, -0.25) is 0 Å². The van der Waals surface area contributed by atoms with Crippen LogP contribution in [-0.4, -0.2) is 46.8 Å². The molecule has 2 aromatic heterocycles. The first-order chi connectivity index (χ1) is 13.8. The number of hydrogen-bond donors (Lipinski definition) is 3. The zero-order valence-corrected chi connectivity index (χ0v) is 18.4. The summed E-state index contributed by atoms with van der Waals surface area (Å²) in [5.41, 5.74) is 0.138. The first-order valence-corrected chi connectivity index (χ1v) is 12.1. The Kier molecular flexibility index (Phi) is 6.41. The summed E-state index contributed by atoms with van der Waals surface area (Å²) < 4.78 is 51.4. The van der Waals surface area contributed by atoms with E-state index in [1.165, 1.54) is 15.9 Å². The molecule has 29 heavy (non-hydrogen) atoms. The summed E-state index contributed by atoms with van der Waals surface area (Å²) in [7, 11) is -3.81. The highest BCUT2D eigenvalue weighted by Crippen LogP contribution is 2.39. The molecular weight excluding hydrogens is 438 g/mol. The molecule has 0 amide bonds. The summed E-state index contributed by atoms with van der Waals surface area (Å²) in [6, 6.07) is 3.25. The normalized spacial score (nSPS) is 17.9. The Morgan fingerprint density at radius 2 is 2.00 bits per heavy atom. The van der Waals surface area contributed by atoms with E-state index in [2.05, 4.69) is 19.4 Å². The number of nitrogens with zero attached hydrogens (tertiary/aromatic N) is 3. The van der Waals surface area contributed by atoms with Crippen molar-refractivity contribution in [2.75, 3.05) is 18.4 Å². The maximum absolute atomic E-state index is 12.7. The Labute approximate surface area is 175 Å². The fraction of sp³-hybridized carbons (Fsp3) is 0.375. The van der Waals surface area contributed by atoms with Crippen LogP contribution in [0, 0.1) is 0 Å². The van der Waals surface area contributed by atoms with E-state index in [9.17, 15) is 17.7 Å². The SMILES string of the molecule is CCN(CC)S(=O)(=O)c1scc(NC2=NS(=O)N=C2N[C@H](C)c2ccco2)c1O. The standard InChI is InChI=1S/C16H21N5O5S3/c1-4-21(5-2)29(24,25)16-13(22)11(9-27-16)18-15-14(19-28(23)20-15)17-10(3)12-7-6-8-26-12/h6-10,22H,4-5H2,1-3H3,(H,17,19)(H,18,20)/t10-,28?/m1/s1. The molecule has 1 aliphatic heterocycles. The molecule has 13 heteroatoms. The van der Waals surface area contributed by atoms with Crippen LogP contribution in [0.15, 0.2) is 41.2 Å². The van der Waals surface area contributed by atoms with E-state index in [1.54, 1.807) is 26.0 Å². The van der Waals surface area contributed by atoms with Crippen LogP contribution >= 0.6 is 11.3 Å². The highest BCUT2D eigenvalue weighted by Gasteiger charge is 2.30. The Bertz CT molecular complexity index is 1050. The number of hydrogen-bond acceptors (Lipinski definition) is 8. The van der Waals surface area contributed by atoms with Crippen LogP contribution in [0.4, 0.5) is 5.69 Å². The zero-order chi connectivity index (χ0) is 21.2. The summed E-state index contributed by atoms with van der Waals surface area (Å²) in [5.74, 6) is 0.573. The highest BCUT2D eigenvalue weighted by molar-refractivity contribution is 7.91. The van der Waals surface area contributed by atoms with Crippen molar-refractivity contribution >= 4 is 49.9 Å². The van der Waals surface area contributed by atoms with Crippen molar-refractivity contribution in [1.82, 2.24) is 9.62 Å². The zero-order valence-electron chi connectivity index (χ0n) is 15.9. The molecule has 3 rings (SSSR count). The van der Waals surface area contributed by atoms with Crippen molar-refractivity contribution in [3.8, 4) is 5.75 Å². The quantitative estimate of drug-likeness (QED) is 0.577. The Morgan fingerprint density at radius 3 is 2.62 bits per heavy atom. The van der Waals surface area contributed by atoms with Crippen LogP contribution < -0.4 is 10.6 Å². The molecule has 0 saturated heterocycles. The van der Waals surface area contributed by atoms with Gasteiger partial charge in [-0.2, -0.15) is 4.31 Å². The molecule has 158 valence electrons. The number of furan rings is 1. The van der Waals surface area contributed by atoms with Gasteiger partial charge < -0.3 is 20.2 Å². The first kappa shape index (κ1) is 21.5. The summed E-state index contributed by atoms with van der Waals surface area (Å²) >= 11 is -0.940. The number of nitrogens with one attached hydrogen (secondary N) is 2. The fourth-order valence-corrected chi connectivity index (χ4v) is 6.12. The summed E-state index contributed by atoms with van der Waals surface area (Å²) in [6.45, 7) is 5.85. The number of rotatable bonds is 7. The summed E-state index contributed by atoms with van der Waals surface area (Å²) in [5, 5.41) is 17.8. The second-order valence-electron chi connectivity index (χ2n) is 5.99. The third-order valence-corrected chi connectivity index (χ3v) is 8.37. The number of thiophene rings is 1. The van der Waals surface area contributed by atoms with E-state index in [-0.39, 0.29) is 40.7 Å². The predicted octanol–water partition coefficient (Wildman–Crippen LogP) is 2.23. The van der Waals surface area contributed by atoms with Crippen LogP contribution in [-0.2, 0) is 21.2 Å². The molecule has 0 fully saturated rings. The molecule has 0 radical (unpaired) electrons. The molecule has 10 nitrogen and oxygen atoms in total. The minimum Gasteiger partial charge on any atom is -0.504 e. The lowest BCUT2D eigenvalue weighted by Crippen LogP contribution is -2.35. The van der Waals surface area contributed by atoms with Gasteiger partial charge in [-0.15, -0.1) is 20.1 Å². The molecule has 1 aliphatic rings. The van der Waals surface area contributed by atoms with Gasteiger partial charge in [0.15, 0.2) is 21.6 Å². The predicted molar refractivity (Wildman–Crippen MR) is 113 cm³/mol.